The first kappa shape index (κ1) is 21.3. The molecule has 7 nitrogen and oxygen atoms in total. The van der Waals surface area contributed by atoms with Crippen LogP contribution in [0.1, 0.15) is 24.8 Å². The van der Waals surface area contributed by atoms with Gasteiger partial charge in [-0.05, 0) is 36.6 Å². The lowest BCUT2D eigenvalue weighted by Crippen LogP contribution is -2.36. The van der Waals surface area contributed by atoms with E-state index in [4.69, 9.17) is 0 Å². The Hall–Kier alpha value is -2.97. The number of hydrogen-bond acceptors (Lipinski definition) is 4. The number of imidazole rings is 1. The number of piperidine rings is 1. The Morgan fingerprint density at radius 1 is 1.00 bits per heavy atom. The van der Waals surface area contributed by atoms with Crippen LogP contribution in [0, 0.1) is 0 Å². The van der Waals surface area contributed by atoms with Crippen molar-refractivity contribution >= 4 is 21.6 Å². The second kappa shape index (κ2) is 9.45. The van der Waals surface area contributed by atoms with Gasteiger partial charge in [0.2, 0.25) is 15.9 Å². The fourth-order valence-corrected chi connectivity index (χ4v) is 5.33. The largest absolute Gasteiger partial charge is 0.328 e. The van der Waals surface area contributed by atoms with Crippen LogP contribution in [-0.4, -0.2) is 41.3 Å². The lowest BCUT2D eigenvalue weighted by atomic mass is 10.2. The number of aromatic nitrogens is 2. The van der Waals surface area contributed by atoms with E-state index in [9.17, 15) is 13.2 Å². The average Bonchev–Trinajstić information content (AvgIpc) is 3.32. The fraction of sp³-hybridized carbons (Fsp3) is 0.304. The Labute approximate surface area is 183 Å². The number of anilines is 1. The standard InChI is InChI=1S/C23H26N4O3S/c28-23(18-25-15-12-24-19-25)27(17-20-8-3-1-4-9-20)21-10-7-11-22(16-21)31(29,30)26-13-5-2-6-14-26/h1,3-4,7-12,15-16,19H,2,5-6,13-14,17-18H2. The van der Waals surface area contributed by atoms with Crippen LogP contribution in [0.4, 0.5) is 5.69 Å². The van der Waals surface area contributed by atoms with Gasteiger partial charge >= 0.3 is 0 Å². The third kappa shape index (κ3) is 5.03. The number of benzene rings is 2. The Balaban J connectivity index is 1.65. The molecule has 0 bridgehead atoms. The van der Waals surface area contributed by atoms with Crippen molar-refractivity contribution in [3.63, 3.8) is 0 Å². The van der Waals surface area contributed by atoms with E-state index in [1.165, 1.54) is 0 Å². The second-order valence-corrected chi connectivity index (χ2v) is 9.60. The van der Waals surface area contributed by atoms with Crippen LogP contribution in [0.3, 0.4) is 0 Å². The Bertz CT molecular complexity index is 1110. The van der Waals surface area contributed by atoms with E-state index in [1.807, 2.05) is 30.3 Å². The first-order valence-corrected chi connectivity index (χ1v) is 11.9. The minimum Gasteiger partial charge on any atom is -0.328 e. The molecule has 0 N–H and O–H groups in total. The van der Waals surface area contributed by atoms with Gasteiger partial charge in [-0.15, -0.1) is 0 Å². The summed E-state index contributed by atoms with van der Waals surface area (Å²) < 4.78 is 29.6. The number of amides is 1. The fourth-order valence-electron chi connectivity index (χ4n) is 3.78. The van der Waals surface area contributed by atoms with Crippen molar-refractivity contribution in [3.05, 3.63) is 78.9 Å². The molecule has 1 saturated heterocycles. The highest BCUT2D eigenvalue weighted by molar-refractivity contribution is 7.89. The second-order valence-electron chi connectivity index (χ2n) is 7.66. The van der Waals surface area contributed by atoms with E-state index in [-0.39, 0.29) is 17.3 Å². The predicted octanol–water partition coefficient (Wildman–Crippen LogP) is 3.29. The topological polar surface area (TPSA) is 75.5 Å². The third-order valence-corrected chi connectivity index (χ3v) is 7.34. The van der Waals surface area contributed by atoms with E-state index < -0.39 is 10.0 Å². The average molecular weight is 439 g/mol. The first-order valence-electron chi connectivity index (χ1n) is 10.4. The Morgan fingerprint density at radius 2 is 1.77 bits per heavy atom. The number of sulfonamides is 1. The van der Waals surface area contributed by atoms with E-state index >= 15 is 0 Å². The number of nitrogens with zero attached hydrogens (tertiary/aromatic N) is 4. The molecule has 0 spiro atoms. The lowest BCUT2D eigenvalue weighted by molar-refractivity contribution is -0.119. The summed E-state index contributed by atoms with van der Waals surface area (Å²) >= 11 is 0. The van der Waals surface area contributed by atoms with Gasteiger partial charge in [-0.1, -0.05) is 42.8 Å². The van der Waals surface area contributed by atoms with E-state index in [2.05, 4.69) is 4.98 Å². The molecule has 0 aliphatic carbocycles. The molecule has 162 valence electrons. The van der Waals surface area contributed by atoms with Crippen molar-refractivity contribution in [2.75, 3.05) is 18.0 Å². The van der Waals surface area contributed by atoms with Crippen LogP contribution < -0.4 is 4.90 Å². The van der Waals surface area contributed by atoms with Gasteiger partial charge in [0.15, 0.2) is 0 Å². The Kier molecular flexibility index (Phi) is 6.48. The maximum Gasteiger partial charge on any atom is 0.247 e. The maximum absolute atomic E-state index is 13.2. The summed E-state index contributed by atoms with van der Waals surface area (Å²) in [4.78, 5) is 19.0. The molecule has 3 aromatic rings. The highest BCUT2D eigenvalue weighted by Gasteiger charge is 2.27. The summed E-state index contributed by atoms with van der Waals surface area (Å²) in [6.45, 7) is 1.55. The summed E-state index contributed by atoms with van der Waals surface area (Å²) in [5.41, 5.74) is 1.53. The van der Waals surface area contributed by atoms with Gasteiger partial charge in [0, 0.05) is 31.2 Å². The number of rotatable bonds is 7. The molecule has 8 heteroatoms. The number of carbonyl (C=O) groups is 1. The van der Waals surface area contributed by atoms with Crippen molar-refractivity contribution in [1.29, 1.82) is 0 Å². The quantitative estimate of drug-likeness (QED) is 0.567. The number of carbonyl (C=O) groups excluding carboxylic acids is 1. The van der Waals surface area contributed by atoms with Gasteiger partial charge in [0.05, 0.1) is 17.8 Å². The zero-order valence-electron chi connectivity index (χ0n) is 17.3. The van der Waals surface area contributed by atoms with E-state index in [1.54, 1.807) is 56.8 Å². The molecular formula is C23H26N4O3S. The molecule has 1 amide bonds. The number of hydrogen-bond donors (Lipinski definition) is 0. The Morgan fingerprint density at radius 3 is 2.48 bits per heavy atom. The maximum atomic E-state index is 13.2. The van der Waals surface area contributed by atoms with Crippen molar-refractivity contribution in [2.45, 2.75) is 37.2 Å². The van der Waals surface area contributed by atoms with Crippen LogP contribution in [0.2, 0.25) is 0 Å². The SMILES string of the molecule is O=C(Cn1ccnc1)N(Cc1ccccc1)c1cccc(S(=O)(=O)N2CCCCC2)c1. The van der Waals surface area contributed by atoms with Crippen molar-refractivity contribution in [2.24, 2.45) is 0 Å². The molecule has 1 aliphatic rings. The van der Waals surface area contributed by atoms with Crippen LogP contribution in [0.5, 0.6) is 0 Å². The summed E-state index contributed by atoms with van der Waals surface area (Å²) in [6, 6.07) is 16.4. The van der Waals surface area contributed by atoms with Crippen LogP contribution in [0.15, 0.2) is 78.2 Å². The molecule has 0 unspecified atom stereocenters. The molecule has 1 fully saturated rings. The molecule has 0 radical (unpaired) electrons. The molecular weight excluding hydrogens is 412 g/mol. The lowest BCUT2D eigenvalue weighted by Gasteiger charge is -2.27. The predicted molar refractivity (Wildman–Crippen MR) is 119 cm³/mol. The normalized spacial score (nSPS) is 15.0. The zero-order chi connectivity index (χ0) is 21.7. The highest BCUT2D eigenvalue weighted by atomic mass is 32.2. The van der Waals surface area contributed by atoms with Crippen molar-refractivity contribution in [1.82, 2.24) is 13.9 Å². The molecule has 31 heavy (non-hydrogen) atoms. The minimum atomic E-state index is -3.59. The van der Waals surface area contributed by atoms with Gasteiger partial charge in [-0.2, -0.15) is 4.31 Å². The van der Waals surface area contributed by atoms with Crippen LogP contribution in [0.25, 0.3) is 0 Å². The molecule has 1 aromatic heterocycles. The van der Waals surface area contributed by atoms with Gasteiger partial charge in [0.1, 0.15) is 6.54 Å². The van der Waals surface area contributed by atoms with Gasteiger partial charge in [-0.3, -0.25) is 4.79 Å². The first-order chi connectivity index (χ1) is 15.0. The monoisotopic (exact) mass is 438 g/mol. The molecule has 2 heterocycles. The minimum absolute atomic E-state index is 0.121. The molecule has 0 saturated carbocycles. The van der Waals surface area contributed by atoms with Gasteiger partial charge in [0.25, 0.3) is 0 Å². The molecule has 4 rings (SSSR count). The molecule has 2 aromatic carbocycles. The third-order valence-electron chi connectivity index (χ3n) is 5.44. The molecule has 0 atom stereocenters. The summed E-state index contributed by atoms with van der Waals surface area (Å²) in [5.74, 6) is -0.144. The van der Waals surface area contributed by atoms with Crippen LogP contribution in [-0.2, 0) is 27.9 Å². The highest BCUT2D eigenvalue weighted by Crippen LogP contribution is 2.26. The summed E-state index contributed by atoms with van der Waals surface area (Å²) in [7, 11) is -3.59. The van der Waals surface area contributed by atoms with E-state index in [0.717, 1.165) is 24.8 Å². The van der Waals surface area contributed by atoms with Crippen molar-refractivity contribution < 1.29 is 13.2 Å². The molecule has 1 aliphatic heterocycles. The van der Waals surface area contributed by atoms with Gasteiger partial charge < -0.3 is 9.47 Å². The summed E-state index contributed by atoms with van der Waals surface area (Å²) in [6.07, 6.45) is 7.76. The zero-order valence-corrected chi connectivity index (χ0v) is 18.1. The van der Waals surface area contributed by atoms with Gasteiger partial charge in [-0.25, -0.2) is 13.4 Å². The summed E-state index contributed by atoms with van der Waals surface area (Å²) in [5, 5.41) is 0. The van der Waals surface area contributed by atoms with Crippen LogP contribution >= 0.6 is 0 Å². The van der Waals surface area contributed by atoms with E-state index in [0.29, 0.717) is 25.3 Å². The smallest absolute Gasteiger partial charge is 0.247 e. The van der Waals surface area contributed by atoms with Crippen molar-refractivity contribution in [3.8, 4) is 0 Å².